The second kappa shape index (κ2) is 21.3. The molecule has 30 heteroatoms. The molecule has 24 nitrogen and oxygen atoms in total. The molecule has 0 aliphatic carbocycles. The molecule has 0 saturated carbocycles. The third-order valence-corrected chi connectivity index (χ3v) is 12.8. The van der Waals surface area contributed by atoms with Crippen molar-refractivity contribution in [1.82, 2.24) is 0 Å². The van der Waals surface area contributed by atoms with E-state index in [-0.39, 0.29) is 72.8 Å². The smallest absolute Gasteiger partial charge is 0.283 e. The van der Waals surface area contributed by atoms with Crippen molar-refractivity contribution in [3.05, 3.63) is 66.7 Å². The lowest BCUT2D eigenvalue weighted by Gasteiger charge is -2.14. The third kappa shape index (κ3) is 13.6. The highest BCUT2D eigenvalue weighted by Crippen LogP contribution is 2.48. The number of aromatic hydroxyl groups is 1. The Morgan fingerprint density at radius 2 is 1.33 bits per heavy atom. The standard InChI is InChI=1S/C27H27N5O19S6/c33-27-21-7-8-23(28-16-57(42,43)44)25(31-29-17-3-1-5-19(13-17)55(38,39)11-9-45-53-50-47-35)22(21)15-24(52-49-46-34)26(27)32-30-18-4-2-6-20(14-18)56(40,41)12-10-54(37)51-48-36/h1-8,13-15,28,33-36H,9-12,16H2,(H,42,43,44). The zero-order chi connectivity index (χ0) is 41.6. The monoisotopic (exact) mass is 917 g/mol. The highest BCUT2D eigenvalue weighted by molar-refractivity contribution is 7.94. The molecular weight excluding hydrogens is 891 g/mol. The normalized spacial score (nSPS) is 13.2. The van der Waals surface area contributed by atoms with E-state index < -0.39 is 69.8 Å². The molecule has 0 fully saturated rings. The van der Waals surface area contributed by atoms with Crippen LogP contribution in [0.3, 0.4) is 0 Å². The molecule has 4 rings (SSSR count). The number of fused-ring (bicyclic) bond motifs is 1. The highest BCUT2D eigenvalue weighted by atomic mass is 32.2. The molecule has 6 N–H and O–H groups in total. The Balaban J connectivity index is 1.77. The molecule has 0 radical (unpaired) electrons. The van der Waals surface area contributed by atoms with E-state index in [0.717, 1.165) is 6.07 Å². The lowest BCUT2D eigenvalue weighted by molar-refractivity contribution is -0.434. The number of azo groups is 2. The Bertz CT molecular complexity index is 2460. The minimum Gasteiger partial charge on any atom is -0.505 e. The van der Waals surface area contributed by atoms with Gasteiger partial charge in [-0.25, -0.2) is 36.8 Å². The van der Waals surface area contributed by atoms with Crippen molar-refractivity contribution in [3.8, 4) is 5.75 Å². The molecule has 4 aromatic carbocycles. The van der Waals surface area contributed by atoms with Gasteiger partial charge < -0.3 is 10.4 Å². The van der Waals surface area contributed by atoms with Crippen LogP contribution in [0.25, 0.3) is 10.8 Å². The van der Waals surface area contributed by atoms with Gasteiger partial charge in [0.2, 0.25) is 0 Å². The molecule has 310 valence electrons. The first-order valence-electron chi connectivity index (χ1n) is 14.9. The number of sulfone groups is 2. The van der Waals surface area contributed by atoms with Crippen LogP contribution >= 0.6 is 24.4 Å². The van der Waals surface area contributed by atoms with Crippen molar-refractivity contribution in [1.29, 1.82) is 0 Å². The van der Waals surface area contributed by atoms with Gasteiger partial charge in [-0.15, -0.1) is 23.2 Å². The van der Waals surface area contributed by atoms with Crippen molar-refractivity contribution < 1.29 is 87.2 Å². The number of rotatable bonds is 23. The summed E-state index contributed by atoms with van der Waals surface area (Å²) < 4.78 is 113. The van der Waals surface area contributed by atoms with Gasteiger partial charge in [0.05, 0.1) is 67.7 Å². The average molecular weight is 918 g/mol. The van der Waals surface area contributed by atoms with Crippen LogP contribution in [0, 0.1) is 0 Å². The van der Waals surface area contributed by atoms with Crippen molar-refractivity contribution >= 4 is 104 Å². The van der Waals surface area contributed by atoms with E-state index in [2.05, 4.69) is 53.9 Å². The largest absolute Gasteiger partial charge is 0.505 e. The number of phenolic OH excluding ortho intramolecular Hbond substituents is 1. The molecule has 4 aromatic rings. The Kier molecular flexibility index (Phi) is 17.1. The maximum absolute atomic E-state index is 12.9. The zero-order valence-corrected chi connectivity index (χ0v) is 33.0. The molecular formula is C27H27N5O19S6. The molecule has 0 aliphatic heterocycles. The molecule has 0 spiro atoms. The first-order chi connectivity index (χ1) is 27.1. The quantitative estimate of drug-likeness (QED) is 0.0130. The van der Waals surface area contributed by atoms with Gasteiger partial charge in [0.1, 0.15) is 17.3 Å². The minimum atomic E-state index is -4.59. The summed E-state index contributed by atoms with van der Waals surface area (Å²) in [5.74, 6) is -3.34. The van der Waals surface area contributed by atoms with Gasteiger partial charge in [0.15, 0.2) is 48.8 Å². The second-order valence-corrected chi connectivity index (χ2v) is 18.5. The van der Waals surface area contributed by atoms with E-state index >= 15 is 0 Å². The van der Waals surface area contributed by atoms with Crippen molar-refractivity contribution in [2.75, 3.05) is 35.1 Å². The topological polar surface area (TPSA) is 347 Å². The molecule has 0 amide bonds. The number of nitrogens with zero attached hydrogens (tertiary/aromatic N) is 4. The number of phenols is 1. The summed E-state index contributed by atoms with van der Waals surface area (Å²) in [4.78, 5) is -0.571. The van der Waals surface area contributed by atoms with Gasteiger partial charge in [0, 0.05) is 10.8 Å². The Hall–Kier alpha value is -3.80. The predicted molar refractivity (Wildman–Crippen MR) is 198 cm³/mol. The summed E-state index contributed by atoms with van der Waals surface area (Å²) in [7, 11) is -12.6. The Morgan fingerprint density at radius 3 is 1.93 bits per heavy atom. The van der Waals surface area contributed by atoms with E-state index in [1.807, 2.05) is 0 Å². The lowest BCUT2D eigenvalue weighted by Crippen LogP contribution is -2.14. The molecule has 0 aliphatic rings. The predicted octanol–water partition coefficient (Wildman–Crippen LogP) is 5.70. The summed E-state index contributed by atoms with van der Waals surface area (Å²) in [6.07, 6.45) is 0. The van der Waals surface area contributed by atoms with E-state index in [1.54, 1.807) is 0 Å². The van der Waals surface area contributed by atoms with Crippen molar-refractivity contribution in [2.45, 2.75) is 14.7 Å². The Labute approximate surface area is 332 Å². The van der Waals surface area contributed by atoms with Crippen LogP contribution in [0.1, 0.15) is 0 Å². The van der Waals surface area contributed by atoms with Gasteiger partial charge in [0.25, 0.3) is 10.1 Å². The Morgan fingerprint density at radius 1 is 0.719 bits per heavy atom. The first-order valence-corrected chi connectivity index (χ1v) is 22.4. The first kappa shape index (κ1) is 45.9. The minimum absolute atomic E-state index is 0.00671. The van der Waals surface area contributed by atoms with Crippen LogP contribution in [0.4, 0.5) is 28.4 Å². The van der Waals surface area contributed by atoms with Crippen molar-refractivity contribution in [3.63, 3.8) is 0 Å². The van der Waals surface area contributed by atoms with Crippen LogP contribution in [-0.4, -0.2) is 84.6 Å². The number of nitrogens with one attached hydrogen (secondary N) is 1. The SMILES string of the molecule is O=S(CCS(=O)(=O)c1cccc(N=Nc2c(SOOO)cc3c(N=Nc4cccc(S(=O)(=O)CCOSOOO)c4)c(NCS(=O)(=O)O)ccc3c2O)c1)OOO. The highest BCUT2D eigenvalue weighted by Gasteiger charge is 2.21. The summed E-state index contributed by atoms with van der Waals surface area (Å²) >= 11 is -1.78. The van der Waals surface area contributed by atoms with Gasteiger partial charge in [-0.05, 0) is 54.6 Å². The number of hydrogen-bond acceptors (Lipinski definition) is 25. The van der Waals surface area contributed by atoms with Crippen molar-refractivity contribution in [2.24, 2.45) is 20.5 Å². The molecule has 0 bridgehead atoms. The van der Waals surface area contributed by atoms with E-state index in [9.17, 15) is 39.1 Å². The van der Waals surface area contributed by atoms with Gasteiger partial charge in [-0.3, -0.25) is 8.74 Å². The van der Waals surface area contributed by atoms with Gasteiger partial charge >= 0.3 is 0 Å². The molecule has 0 aromatic heterocycles. The summed E-state index contributed by atoms with van der Waals surface area (Å²) in [6.45, 7) is -0.366. The van der Waals surface area contributed by atoms with E-state index in [1.165, 1.54) is 60.7 Å². The van der Waals surface area contributed by atoms with E-state index in [4.69, 9.17) is 20.0 Å². The fourth-order valence-corrected chi connectivity index (χ4v) is 9.07. The molecule has 1 atom stereocenters. The summed E-state index contributed by atoms with van der Waals surface area (Å²) in [5.41, 5.74) is -0.583. The fourth-order valence-electron chi connectivity index (χ4n) is 4.42. The van der Waals surface area contributed by atoms with Crippen LogP contribution in [-0.2, 0) is 73.2 Å². The maximum atomic E-state index is 12.9. The second-order valence-electron chi connectivity index (χ2n) is 10.5. The zero-order valence-electron chi connectivity index (χ0n) is 28.1. The molecule has 57 heavy (non-hydrogen) atoms. The van der Waals surface area contributed by atoms with Crippen LogP contribution < -0.4 is 5.32 Å². The summed E-state index contributed by atoms with van der Waals surface area (Å²) in [5, 5.41) is 65.8. The third-order valence-electron chi connectivity index (χ3n) is 6.86. The number of anilines is 1. The average Bonchev–Trinajstić information content (AvgIpc) is 3.17. The molecule has 1 unspecified atom stereocenters. The fraction of sp³-hybridized carbons (Fsp3) is 0.185. The number of hydrogen-bond donors (Lipinski definition) is 6. The van der Waals surface area contributed by atoms with Crippen LogP contribution in [0.15, 0.2) is 102 Å². The lowest BCUT2D eigenvalue weighted by atomic mass is 10.1. The molecule has 0 heterocycles. The summed E-state index contributed by atoms with van der Waals surface area (Å²) in [6, 6.07) is 14.1. The number of benzene rings is 4. The van der Waals surface area contributed by atoms with Crippen LogP contribution in [0.2, 0.25) is 0 Å². The van der Waals surface area contributed by atoms with Gasteiger partial charge in [-0.2, -0.15) is 18.6 Å². The van der Waals surface area contributed by atoms with Gasteiger partial charge in [-0.1, -0.05) is 27.2 Å². The van der Waals surface area contributed by atoms with Crippen LogP contribution in [0.5, 0.6) is 5.75 Å². The maximum Gasteiger partial charge on any atom is 0.283 e. The van der Waals surface area contributed by atoms with E-state index in [0.29, 0.717) is 12.0 Å². The molecule has 0 saturated heterocycles.